The summed E-state index contributed by atoms with van der Waals surface area (Å²) in [7, 11) is 0. The van der Waals surface area contributed by atoms with Crippen molar-refractivity contribution in [1.29, 1.82) is 5.26 Å². The maximum absolute atomic E-state index is 13.1. The van der Waals surface area contributed by atoms with E-state index in [1.807, 2.05) is 25.7 Å². The molecule has 35 heavy (non-hydrogen) atoms. The van der Waals surface area contributed by atoms with Crippen molar-refractivity contribution in [2.24, 2.45) is 0 Å². The van der Waals surface area contributed by atoms with E-state index in [-0.39, 0.29) is 22.4 Å². The molecule has 10 heteroatoms. The molecule has 1 aromatic heterocycles. The Morgan fingerprint density at radius 3 is 2.46 bits per heavy atom. The summed E-state index contributed by atoms with van der Waals surface area (Å²) in [6.07, 6.45) is 2.90. The maximum Gasteiger partial charge on any atom is 0.349 e. The van der Waals surface area contributed by atoms with Crippen LogP contribution in [0.25, 0.3) is 17.0 Å². The average molecular weight is 502 g/mol. The number of anilines is 1. The van der Waals surface area contributed by atoms with Crippen LogP contribution in [0.3, 0.4) is 0 Å². The second-order valence-corrected chi connectivity index (χ2v) is 9.88. The number of fused-ring (bicyclic) bond motifs is 1. The Bertz CT molecular complexity index is 1230. The molecule has 0 radical (unpaired) electrons. The monoisotopic (exact) mass is 501 g/mol. The van der Waals surface area contributed by atoms with E-state index < -0.39 is 22.1 Å². The minimum absolute atomic E-state index is 0.00843. The largest absolute Gasteiger partial charge is 0.456 e. The van der Waals surface area contributed by atoms with Gasteiger partial charge in [-0.05, 0) is 52.9 Å². The van der Waals surface area contributed by atoms with E-state index in [0.717, 1.165) is 18.9 Å². The van der Waals surface area contributed by atoms with Gasteiger partial charge in [-0.15, -0.1) is 11.8 Å². The number of esters is 1. The topological polar surface area (TPSA) is 127 Å². The van der Waals surface area contributed by atoms with Crippen molar-refractivity contribution < 1.29 is 18.9 Å². The summed E-state index contributed by atoms with van der Waals surface area (Å²) in [4.78, 5) is 39.3. The molecule has 0 aliphatic rings. The number of nitro benzene ring substituents is 1. The molecule has 0 saturated carbocycles. The van der Waals surface area contributed by atoms with Gasteiger partial charge in [-0.2, -0.15) is 5.26 Å². The molecular formula is C25H31N3O6S. The van der Waals surface area contributed by atoms with Gasteiger partial charge in [-0.25, -0.2) is 9.59 Å². The third kappa shape index (κ3) is 6.85. The van der Waals surface area contributed by atoms with Gasteiger partial charge in [0.25, 0.3) is 5.69 Å². The van der Waals surface area contributed by atoms with Crippen molar-refractivity contribution in [2.75, 3.05) is 23.7 Å². The lowest BCUT2D eigenvalue weighted by Gasteiger charge is -2.21. The molecule has 0 amide bonds. The summed E-state index contributed by atoms with van der Waals surface area (Å²) in [5, 5.41) is 21.9. The van der Waals surface area contributed by atoms with E-state index >= 15 is 0 Å². The van der Waals surface area contributed by atoms with Gasteiger partial charge >= 0.3 is 11.6 Å². The Labute approximate surface area is 208 Å². The van der Waals surface area contributed by atoms with Crippen molar-refractivity contribution in [3.63, 3.8) is 0 Å². The van der Waals surface area contributed by atoms with Crippen LogP contribution in [-0.2, 0) is 9.53 Å². The first kappa shape index (κ1) is 27.9. The minimum Gasteiger partial charge on any atom is -0.456 e. The molecule has 188 valence electrons. The molecule has 0 saturated heterocycles. The van der Waals surface area contributed by atoms with Gasteiger partial charge in [0.1, 0.15) is 28.5 Å². The second kappa shape index (κ2) is 11.9. The fourth-order valence-electron chi connectivity index (χ4n) is 3.39. The average Bonchev–Trinajstić information content (AvgIpc) is 2.77. The highest BCUT2D eigenvalue weighted by molar-refractivity contribution is 7.99. The van der Waals surface area contributed by atoms with Crippen molar-refractivity contribution in [3.05, 3.63) is 43.8 Å². The predicted molar refractivity (Wildman–Crippen MR) is 138 cm³/mol. The van der Waals surface area contributed by atoms with E-state index in [9.17, 15) is 25.0 Å². The molecule has 0 bridgehead atoms. The van der Waals surface area contributed by atoms with Crippen LogP contribution in [0.2, 0.25) is 0 Å². The molecule has 0 fully saturated rings. The molecule has 0 N–H and O–H groups in total. The Kier molecular flexibility index (Phi) is 9.48. The quantitative estimate of drug-likeness (QED) is 0.0589. The van der Waals surface area contributed by atoms with E-state index in [2.05, 4.69) is 0 Å². The van der Waals surface area contributed by atoms with Crippen LogP contribution in [0.1, 0.15) is 59.9 Å². The van der Waals surface area contributed by atoms with Crippen LogP contribution in [0.15, 0.2) is 31.8 Å². The summed E-state index contributed by atoms with van der Waals surface area (Å²) < 4.78 is 10.8. The molecule has 0 unspecified atom stereocenters. The first-order chi connectivity index (χ1) is 16.5. The van der Waals surface area contributed by atoms with Gasteiger partial charge < -0.3 is 14.1 Å². The zero-order valence-electron chi connectivity index (χ0n) is 21.0. The number of nitriles is 1. The first-order valence-corrected chi connectivity index (χ1v) is 12.5. The number of unbranched alkanes of at least 4 members (excludes halogenated alkanes) is 1. The number of hydrogen-bond donors (Lipinski definition) is 0. The number of benzene rings is 1. The molecule has 2 rings (SSSR count). The highest BCUT2D eigenvalue weighted by Crippen LogP contribution is 2.38. The number of carbonyl (C=O) groups is 1. The fraction of sp³-hybridized carbons (Fsp3) is 0.480. The smallest absolute Gasteiger partial charge is 0.349 e. The van der Waals surface area contributed by atoms with Crippen LogP contribution in [-0.4, -0.2) is 35.3 Å². The number of thioether (sulfide) groups is 1. The lowest BCUT2D eigenvalue weighted by molar-refractivity contribution is -0.384. The Balaban J connectivity index is 2.86. The van der Waals surface area contributed by atoms with E-state index in [0.29, 0.717) is 34.8 Å². The van der Waals surface area contributed by atoms with Crippen LogP contribution in [0, 0.1) is 21.4 Å². The third-order valence-electron chi connectivity index (χ3n) is 5.06. The van der Waals surface area contributed by atoms with Gasteiger partial charge in [0.2, 0.25) is 0 Å². The highest BCUT2D eigenvalue weighted by atomic mass is 32.2. The number of hydrogen-bond acceptors (Lipinski definition) is 9. The lowest BCUT2D eigenvalue weighted by Crippen LogP contribution is -2.24. The molecule has 0 aliphatic carbocycles. The fourth-order valence-corrected chi connectivity index (χ4v) is 4.64. The Morgan fingerprint density at radius 2 is 1.94 bits per heavy atom. The summed E-state index contributed by atoms with van der Waals surface area (Å²) >= 11 is 1.34. The molecule has 0 aliphatic heterocycles. The van der Waals surface area contributed by atoms with E-state index in [1.54, 1.807) is 26.8 Å². The maximum atomic E-state index is 13.1. The SMILES string of the molecule is CCCCSc1c(C=C(C#N)C(=O)OC(C)(C)C)c(=O)oc2cc(N(CC)CC)c([N+](=O)[O-])cc12. The van der Waals surface area contributed by atoms with Gasteiger partial charge in [-0.1, -0.05) is 13.3 Å². The third-order valence-corrected chi connectivity index (χ3v) is 6.28. The van der Waals surface area contributed by atoms with Gasteiger partial charge in [-0.3, -0.25) is 10.1 Å². The molecule has 2 aromatic rings. The van der Waals surface area contributed by atoms with Gasteiger partial charge in [0.15, 0.2) is 0 Å². The van der Waals surface area contributed by atoms with Crippen molar-refractivity contribution in [1.82, 2.24) is 0 Å². The molecule has 0 atom stereocenters. The first-order valence-electron chi connectivity index (χ1n) is 11.5. The number of carbonyl (C=O) groups excluding carboxylic acids is 1. The Hall–Kier alpha value is -3.32. The molecular weight excluding hydrogens is 470 g/mol. The highest BCUT2D eigenvalue weighted by Gasteiger charge is 2.25. The number of nitro groups is 1. The van der Waals surface area contributed by atoms with E-state index in [1.165, 1.54) is 23.9 Å². The zero-order chi connectivity index (χ0) is 26.3. The second-order valence-electron chi connectivity index (χ2n) is 8.77. The lowest BCUT2D eigenvalue weighted by atomic mass is 10.1. The molecule has 0 spiro atoms. The number of nitrogens with zero attached hydrogens (tertiary/aromatic N) is 3. The summed E-state index contributed by atoms with van der Waals surface area (Å²) in [6, 6.07) is 4.71. The van der Waals surface area contributed by atoms with Crippen LogP contribution >= 0.6 is 11.8 Å². The summed E-state index contributed by atoms with van der Waals surface area (Å²) in [5.41, 5.74) is -1.50. The van der Waals surface area contributed by atoms with Crippen molar-refractivity contribution in [2.45, 2.75) is 64.9 Å². The zero-order valence-corrected chi connectivity index (χ0v) is 21.8. The summed E-state index contributed by atoms with van der Waals surface area (Å²) in [5.74, 6) is -0.234. The molecule has 9 nitrogen and oxygen atoms in total. The molecule has 1 aromatic carbocycles. The van der Waals surface area contributed by atoms with Gasteiger partial charge in [0.05, 0.1) is 10.5 Å². The Morgan fingerprint density at radius 1 is 1.29 bits per heavy atom. The van der Waals surface area contributed by atoms with Crippen molar-refractivity contribution >= 4 is 46.2 Å². The number of rotatable bonds is 10. The van der Waals surface area contributed by atoms with Gasteiger partial charge in [0, 0.05) is 35.5 Å². The molecule has 1 heterocycles. The standard InChI is InChI=1S/C25H31N3O6S/c1-7-10-11-35-22-17-13-20(28(31)32)19(27(8-2)9-3)14-21(17)33-24(30)18(22)12-16(15-26)23(29)34-25(4,5)6/h12-14H,7-11H2,1-6H3. The van der Waals surface area contributed by atoms with E-state index in [4.69, 9.17) is 9.15 Å². The van der Waals surface area contributed by atoms with Crippen LogP contribution in [0.5, 0.6) is 0 Å². The van der Waals surface area contributed by atoms with Crippen LogP contribution < -0.4 is 10.5 Å². The predicted octanol–water partition coefficient (Wildman–Crippen LogP) is 5.69. The van der Waals surface area contributed by atoms with Crippen molar-refractivity contribution in [3.8, 4) is 6.07 Å². The van der Waals surface area contributed by atoms with Crippen LogP contribution in [0.4, 0.5) is 11.4 Å². The number of ether oxygens (including phenoxy) is 1. The minimum atomic E-state index is -0.869. The normalized spacial score (nSPS) is 11.9. The summed E-state index contributed by atoms with van der Waals surface area (Å²) in [6.45, 7) is 11.9.